The third-order valence-corrected chi connectivity index (χ3v) is 3.53. The van der Waals surface area contributed by atoms with Gasteiger partial charge in [-0.05, 0) is 31.2 Å². The maximum absolute atomic E-state index is 12.5. The van der Waals surface area contributed by atoms with Crippen LogP contribution >= 0.6 is 11.6 Å². The molecule has 0 N–H and O–H groups in total. The van der Waals surface area contributed by atoms with Gasteiger partial charge in [0.1, 0.15) is 30.0 Å². The van der Waals surface area contributed by atoms with Crippen molar-refractivity contribution in [2.75, 3.05) is 6.61 Å². The summed E-state index contributed by atoms with van der Waals surface area (Å²) in [6.45, 7) is 1.39. The standard InChI is InChI=1S/C18H13ClO5/c1-11(20)9-22-12-6-7-13-16(8-12)23-10-17(18(13)21)24-15-5-3-2-4-14(15)19/h2-8,10H,9H2,1H3. The Kier molecular flexibility index (Phi) is 4.53. The summed E-state index contributed by atoms with van der Waals surface area (Å²) in [5.74, 6) is 0.751. The zero-order chi connectivity index (χ0) is 17.1. The molecule has 5 nitrogen and oxygen atoms in total. The molecule has 0 fully saturated rings. The number of hydrogen-bond acceptors (Lipinski definition) is 5. The highest BCUT2D eigenvalue weighted by molar-refractivity contribution is 6.32. The lowest BCUT2D eigenvalue weighted by Crippen LogP contribution is -2.07. The van der Waals surface area contributed by atoms with Crippen LogP contribution in [0.2, 0.25) is 5.02 Å². The van der Waals surface area contributed by atoms with Crippen LogP contribution in [0.3, 0.4) is 0 Å². The highest BCUT2D eigenvalue weighted by Crippen LogP contribution is 2.28. The van der Waals surface area contributed by atoms with Gasteiger partial charge in [0, 0.05) is 6.07 Å². The monoisotopic (exact) mass is 344 g/mol. The van der Waals surface area contributed by atoms with E-state index < -0.39 is 0 Å². The van der Waals surface area contributed by atoms with Crippen molar-refractivity contribution in [2.45, 2.75) is 6.92 Å². The van der Waals surface area contributed by atoms with E-state index in [0.29, 0.717) is 27.5 Å². The van der Waals surface area contributed by atoms with Crippen molar-refractivity contribution in [2.24, 2.45) is 0 Å². The molecule has 0 radical (unpaired) electrons. The molecular weight excluding hydrogens is 332 g/mol. The van der Waals surface area contributed by atoms with Crippen LogP contribution in [0.1, 0.15) is 6.92 Å². The largest absolute Gasteiger partial charge is 0.486 e. The summed E-state index contributed by atoms with van der Waals surface area (Å²) in [6, 6.07) is 11.6. The summed E-state index contributed by atoms with van der Waals surface area (Å²) in [5, 5.41) is 0.736. The van der Waals surface area contributed by atoms with E-state index in [0.717, 1.165) is 0 Å². The third kappa shape index (κ3) is 3.41. The molecule has 0 unspecified atom stereocenters. The maximum Gasteiger partial charge on any atom is 0.235 e. The number of ketones is 1. The first-order valence-electron chi connectivity index (χ1n) is 7.15. The van der Waals surface area contributed by atoms with Gasteiger partial charge in [0.05, 0.1) is 10.4 Å². The lowest BCUT2D eigenvalue weighted by atomic mass is 10.2. The molecule has 0 atom stereocenters. The van der Waals surface area contributed by atoms with Crippen LogP contribution < -0.4 is 14.9 Å². The Morgan fingerprint density at radius 2 is 1.96 bits per heavy atom. The van der Waals surface area contributed by atoms with E-state index in [-0.39, 0.29) is 23.6 Å². The van der Waals surface area contributed by atoms with Gasteiger partial charge in [-0.25, -0.2) is 0 Å². The number of para-hydroxylation sites is 1. The molecule has 2 aromatic carbocycles. The van der Waals surface area contributed by atoms with Gasteiger partial charge in [-0.15, -0.1) is 0 Å². The Morgan fingerprint density at radius 3 is 2.71 bits per heavy atom. The summed E-state index contributed by atoms with van der Waals surface area (Å²) in [6.07, 6.45) is 1.22. The number of fused-ring (bicyclic) bond motifs is 1. The zero-order valence-electron chi connectivity index (χ0n) is 12.7. The lowest BCUT2D eigenvalue weighted by Gasteiger charge is -2.08. The topological polar surface area (TPSA) is 65.7 Å². The number of halogens is 1. The smallest absolute Gasteiger partial charge is 0.235 e. The van der Waals surface area contributed by atoms with Crippen molar-refractivity contribution < 1.29 is 18.7 Å². The fraction of sp³-hybridized carbons (Fsp3) is 0.111. The lowest BCUT2D eigenvalue weighted by molar-refractivity contribution is -0.118. The van der Waals surface area contributed by atoms with Gasteiger partial charge < -0.3 is 13.9 Å². The second-order valence-corrected chi connectivity index (χ2v) is 5.52. The first-order valence-corrected chi connectivity index (χ1v) is 7.52. The van der Waals surface area contributed by atoms with Gasteiger partial charge in [0.2, 0.25) is 11.2 Å². The fourth-order valence-electron chi connectivity index (χ4n) is 2.08. The number of benzene rings is 2. The van der Waals surface area contributed by atoms with Crippen LogP contribution in [-0.4, -0.2) is 12.4 Å². The van der Waals surface area contributed by atoms with E-state index in [1.54, 1.807) is 42.5 Å². The molecule has 1 aromatic heterocycles. The van der Waals surface area contributed by atoms with Crippen LogP contribution in [0.15, 0.2) is 57.9 Å². The van der Waals surface area contributed by atoms with E-state index in [4.69, 9.17) is 25.5 Å². The number of hydrogen-bond donors (Lipinski definition) is 0. The Morgan fingerprint density at radius 1 is 1.17 bits per heavy atom. The average Bonchev–Trinajstić information content (AvgIpc) is 2.57. The first kappa shape index (κ1) is 16.1. The van der Waals surface area contributed by atoms with Crippen molar-refractivity contribution in [3.8, 4) is 17.2 Å². The minimum atomic E-state index is -0.325. The summed E-state index contributed by atoms with van der Waals surface area (Å²) in [4.78, 5) is 23.5. The van der Waals surface area contributed by atoms with Crippen molar-refractivity contribution in [3.05, 3.63) is 64.0 Å². The molecule has 0 saturated heterocycles. The third-order valence-electron chi connectivity index (χ3n) is 3.21. The second kappa shape index (κ2) is 6.76. The maximum atomic E-state index is 12.5. The molecular formula is C18H13ClO5. The van der Waals surface area contributed by atoms with Gasteiger partial charge >= 0.3 is 0 Å². The van der Waals surface area contributed by atoms with Crippen molar-refractivity contribution in [3.63, 3.8) is 0 Å². The van der Waals surface area contributed by atoms with Gasteiger partial charge in [-0.3, -0.25) is 9.59 Å². The molecule has 6 heteroatoms. The van der Waals surface area contributed by atoms with Crippen molar-refractivity contribution >= 4 is 28.4 Å². The normalized spacial score (nSPS) is 10.6. The number of rotatable bonds is 5. The predicted octanol–water partition coefficient (Wildman–Crippen LogP) is 4.21. The van der Waals surface area contributed by atoms with Crippen LogP contribution in [0, 0.1) is 0 Å². The quantitative estimate of drug-likeness (QED) is 0.693. The predicted molar refractivity (Wildman–Crippen MR) is 90.2 cm³/mol. The van der Waals surface area contributed by atoms with Gasteiger partial charge in [0.15, 0.2) is 5.78 Å². The first-order chi connectivity index (χ1) is 11.5. The number of carbonyl (C=O) groups is 1. The van der Waals surface area contributed by atoms with E-state index in [1.807, 2.05) is 0 Å². The minimum absolute atomic E-state index is 0.0352. The summed E-state index contributed by atoms with van der Waals surface area (Å²) in [7, 11) is 0. The van der Waals surface area contributed by atoms with E-state index >= 15 is 0 Å². The highest BCUT2D eigenvalue weighted by Gasteiger charge is 2.11. The minimum Gasteiger partial charge on any atom is -0.486 e. The molecule has 3 rings (SSSR count). The highest BCUT2D eigenvalue weighted by atomic mass is 35.5. The molecule has 24 heavy (non-hydrogen) atoms. The molecule has 0 saturated carbocycles. The molecule has 3 aromatic rings. The summed E-state index contributed by atoms with van der Waals surface area (Å²) in [5.41, 5.74) is 0.0156. The van der Waals surface area contributed by atoms with E-state index in [1.165, 1.54) is 13.2 Å². The molecule has 0 amide bonds. The molecule has 0 aliphatic heterocycles. The Bertz CT molecular complexity index is 961. The molecule has 0 aliphatic carbocycles. The van der Waals surface area contributed by atoms with Crippen molar-refractivity contribution in [1.29, 1.82) is 0 Å². The number of ether oxygens (including phenoxy) is 2. The van der Waals surface area contributed by atoms with Crippen LogP contribution in [0.5, 0.6) is 17.2 Å². The van der Waals surface area contributed by atoms with Gasteiger partial charge in [-0.2, -0.15) is 0 Å². The summed E-state index contributed by atoms with van der Waals surface area (Å²) < 4.78 is 16.3. The number of carbonyl (C=O) groups excluding carboxylic acids is 1. The molecule has 1 heterocycles. The van der Waals surface area contributed by atoms with Gasteiger partial charge in [0.25, 0.3) is 0 Å². The van der Waals surface area contributed by atoms with Crippen LogP contribution in [-0.2, 0) is 4.79 Å². The number of Topliss-reactive ketones (excluding diaryl/α,β-unsaturated/α-hetero) is 1. The summed E-state index contributed by atoms with van der Waals surface area (Å²) >= 11 is 6.02. The van der Waals surface area contributed by atoms with Crippen LogP contribution in [0.4, 0.5) is 0 Å². The Hall–Kier alpha value is -2.79. The Balaban J connectivity index is 1.93. The zero-order valence-corrected chi connectivity index (χ0v) is 13.5. The molecule has 122 valence electrons. The Labute approximate surface area is 142 Å². The van der Waals surface area contributed by atoms with Gasteiger partial charge in [-0.1, -0.05) is 23.7 Å². The average molecular weight is 345 g/mol. The SMILES string of the molecule is CC(=O)COc1ccc2c(=O)c(Oc3ccccc3Cl)coc2c1. The second-order valence-electron chi connectivity index (χ2n) is 5.11. The molecule has 0 aliphatic rings. The van der Waals surface area contributed by atoms with Crippen LogP contribution in [0.25, 0.3) is 11.0 Å². The molecule has 0 bridgehead atoms. The van der Waals surface area contributed by atoms with Crippen molar-refractivity contribution in [1.82, 2.24) is 0 Å². The molecule has 0 spiro atoms. The van der Waals surface area contributed by atoms with E-state index in [2.05, 4.69) is 0 Å². The van der Waals surface area contributed by atoms with E-state index in [9.17, 15) is 9.59 Å². The fourth-order valence-corrected chi connectivity index (χ4v) is 2.26.